The molecule has 0 radical (unpaired) electrons. The van der Waals surface area contributed by atoms with Gasteiger partial charge in [0.2, 0.25) is 5.91 Å². The summed E-state index contributed by atoms with van der Waals surface area (Å²) in [5.74, 6) is 2.70. The first-order chi connectivity index (χ1) is 11.7. The fourth-order valence-electron chi connectivity index (χ4n) is 3.47. The molecule has 2 saturated heterocycles. The summed E-state index contributed by atoms with van der Waals surface area (Å²) in [5, 5.41) is 6.56. The molecule has 0 aliphatic carbocycles. The first-order valence-electron chi connectivity index (χ1n) is 8.98. The number of rotatable bonds is 5. The molecule has 3 atom stereocenters. The number of carbonyl (C=O) groups excluding carboxylic acids is 1. The van der Waals surface area contributed by atoms with Crippen molar-refractivity contribution in [2.24, 2.45) is 5.92 Å². The molecule has 24 heavy (non-hydrogen) atoms. The Kier molecular flexibility index (Phi) is 6.58. The number of nitrogens with one attached hydrogen (secondary N) is 2. The van der Waals surface area contributed by atoms with E-state index in [4.69, 9.17) is 4.74 Å². The van der Waals surface area contributed by atoms with Gasteiger partial charge in [-0.2, -0.15) is 11.8 Å². The third-order valence-corrected chi connectivity index (χ3v) is 5.97. The summed E-state index contributed by atoms with van der Waals surface area (Å²) >= 11 is 1.93. The van der Waals surface area contributed by atoms with Crippen molar-refractivity contribution in [3.63, 3.8) is 0 Å². The maximum Gasteiger partial charge on any atom is 0.221 e. The smallest absolute Gasteiger partial charge is 0.221 e. The lowest BCUT2D eigenvalue weighted by molar-refractivity contribution is -0.122. The number of hydrogen-bond donors (Lipinski definition) is 2. The number of ether oxygens (including phenoxy) is 1. The molecule has 3 unspecified atom stereocenters. The van der Waals surface area contributed by atoms with Crippen LogP contribution in [0.1, 0.15) is 36.5 Å². The molecule has 132 valence electrons. The molecule has 2 fully saturated rings. The molecular weight excluding hydrogens is 320 g/mol. The average Bonchev–Trinajstić information content (AvgIpc) is 2.62. The molecule has 5 heteroatoms. The van der Waals surface area contributed by atoms with E-state index < -0.39 is 0 Å². The van der Waals surface area contributed by atoms with Gasteiger partial charge in [0.15, 0.2) is 0 Å². The van der Waals surface area contributed by atoms with Gasteiger partial charge in [-0.05, 0) is 25.3 Å². The largest absolute Gasteiger partial charge is 0.373 e. The summed E-state index contributed by atoms with van der Waals surface area (Å²) < 4.78 is 6.03. The highest BCUT2D eigenvalue weighted by Crippen LogP contribution is 2.33. The van der Waals surface area contributed by atoms with Gasteiger partial charge in [-0.15, -0.1) is 0 Å². The molecule has 1 amide bonds. The number of hydrogen-bond acceptors (Lipinski definition) is 4. The van der Waals surface area contributed by atoms with Crippen molar-refractivity contribution < 1.29 is 9.53 Å². The number of carbonyl (C=O) groups is 1. The highest BCUT2D eigenvalue weighted by Gasteiger charge is 2.28. The number of benzene rings is 1. The molecule has 1 aromatic carbocycles. The predicted octanol–water partition coefficient (Wildman–Crippen LogP) is 2.67. The third-order valence-electron chi connectivity index (χ3n) is 4.84. The van der Waals surface area contributed by atoms with Crippen LogP contribution in [0.2, 0.25) is 0 Å². The molecule has 3 rings (SSSR count). The SMILES string of the molecule is Cc1ccc(C2OCCCC2CNC(=O)CC2CSCCN2)cc1. The van der Waals surface area contributed by atoms with Crippen molar-refractivity contribution >= 4 is 17.7 Å². The normalized spacial score (nSPS) is 27.6. The third kappa shape index (κ3) is 4.98. The van der Waals surface area contributed by atoms with Gasteiger partial charge in [-0.1, -0.05) is 29.8 Å². The first kappa shape index (κ1) is 17.8. The van der Waals surface area contributed by atoms with Gasteiger partial charge in [0.1, 0.15) is 0 Å². The van der Waals surface area contributed by atoms with Crippen LogP contribution in [0.25, 0.3) is 0 Å². The Balaban J connectivity index is 1.51. The zero-order chi connectivity index (χ0) is 16.8. The minimum atomic E-state index is 0.100. The highest BCUT2D eigenvalue weighted by molar-refractivity contribution is 7.99. The maximum absolute atomic E-state index is 12.2. The summed E-state index contributed by atoms with van der Waals surface area (Å²) in [5.41, 5.74) is 2.49. The van der Waals surface area contributed by atoms with Crippen LogP contribution in [0.3, 0.4) is 0 Å². The lowest BCUT2D eigenvalue weighted by atomic mass is 9.89. The fraction of sp³-hybridized carbons (Fsp3) is 0.632. The molecule has 0 saturated carbocycles. The van der Waals surface area contributed by atoms with Gasteiger partial charge >= 0.3 is 0 Å². The zero-order valence-electron chi connectivity index (χ0n) is 14.4. The number of thioether (sulfide) groups is 1. The minimum Gasteiger partial charge on any atom is -0.373 e. The van der Waals surface area contributed by atoms with E-state index in [9.17, 15) is 4.79 Å². The van der Waals surface area contributed by atoms with Gasteiger partial charge in [0.05, 0.1) is 6.10 Å². The lowest BCUT2D eigenvalue weighted by Gasteiger charge is -2.32. The van der Waals surface area contributed by atoms with Gasteiger partial charge < -0.3 is 15.4 Å². The minimum absolute atomic E-state index is 0.100. The Labute approximate surface area is 149 Å². The summed E-state index contributed by atoms with van der Waals surface area (Å²) in [7, 11) is 0. The fourth-order valence-corrected chi connectivity index (χ4v) is 4.42. The Hall–Kier alpha value is -1.04. The van der Waals surface area contributed by atoms with E-state index >= 15 is 0 Å². The van der Waals surface area contributed by atoms with E-state index in [-0.39, 0.29) is 12.0 Å². The van der Waals surface area contributed by atoms with Crippen molar-refractivity contribution in [2.45, 2.75) is 38.3 Å². The molecule has 1 aromatic rings. The van der Waals surface area contributed by atoms with Crippen LogP contribution >= 0.6 is 11.8 Å². The zero-order valence-corrected chi connectivity index (χ0v) is 15.2. The van der Waals surface area contributed by atoms with E-state index in [0.717, 1.165) is 37.5 Å². The Morgan fingerprint density at radius 2 is 2.21 bits per heavy atom. The number of amides is 1. The van der Waals surface area contributed by atoms with Crippen LogP contribution in [0.15, 0.2) is 24.3 Å². The molecule has 0 aromatic heterocycles. The maximum atomic E-state index is 12.2. The Morgan fingerprint density at radius 3 is 2.96 bits per heavy atom. The van der Waals surface area contributed by atoms with Crippen LogP contribution in [-0.4, -0.2) is 43.2 Å². The highest BCUT2D eigenvalue weighted by atomic mass is 32.2. The molecule has 0 bridgehead atoms. The Bertz CT molecular complexity index is 529. The van der Waals surface area contributed by atoms with Gasteiger partial charge in [-0.3, -0.25) is 4.79 Å². The monoisotopic (exact) mass is 348 g/mol. The van der Waals surface area contributed by atoms with Crippen LogP contribution in [0.4, 0.5) is 0 Å². The molecular formula is C19H28N2O2S. The topological polar surface area (TPSA) is 50.4 Å². The second-order valence-electron chi connectivity index (χ2n) is 6.84. The quantitative estimate of drug-likeness (QED) is 0.859. The standard InChI is InChI=1S/C19H28N2O2S/c1-14-4-6-15(7-5-14)19-16(3-2-9-23-19)12-21-18(22)11-17-13-24-10-8-20-17/h4-7,16-17,19-20H,2-3,8-13H2,1H3,(H,21,22). The van der Waals surface area contributed by atoms with E-state index in [1.807, 2.05) is 11.8 Å². The van der Waals surface area contributed by atoms with Crippen LogP contribution in [0.5, 0.6) is 0 Å². The predicted molar refractivity (Wildman–Crippen MR) is 99.3 cm³/mol. The van der Waals surface area contributed by atoms with Crippen LogP contribution in [-0.2, 0) is 9.53 Å². The second-order valence-corrected chi connectivity index (χ2v) is 7.99. The average molecular weight is 349 g/mol. The van der Waals surface area contributed by atoms with Crippen LogP contribution < -0.4 is 10.6 Å². The summed E-state index contributed by atoms with van der Waals surface area (Å²) in [6, 6.07) is 8.90. The van der Waals surface area contributed by atoms with E-state index in [1.165, 1.54) is 11.1 Å². The summed E-state index contributed by atoms with van der Waals surface area (Å²) in [4.78, 5) is 12.2. The van der Waals surface area contributed by atoms with E-state index in [2.05, 4.69) is 41.8 Å². The van der Waals surface area contributed by atoms with Crippen molar-refractivity contribution in [2.75, 3.05) is 31.2 Å². The molecule has 2 heterocycles. The van der Waals surface area contributed by atoms with Gasteiger partial charge in [0, 0.05) is 49.6 Å². The van der Waals surface area contributed by atoms with Gasteiger partial charge in [-0.25, -0.2) is 0 Å². The summed E-state index contributed by atoms with van der Waals surface area (Å²) in [6.45, 7) is 4.62. The number of aryl methyl sites for hydroxylation is 1. The molecule has 2 aliphatic heterocycles. The van der Waals surface area contributed by atoms with E-state index in [0.29, 0.717) is 24.9 Å². The van der Waals surface area contributed by atoms with Gasteiger partial charge in [0.25, 0.3) is 0 Å². The molecule has 4 nitrogen and oxygen atoms in total. The lowest BCUT2D eigenvalue weighted by Crippen LogP contribution is -2.42. The molecule has 0 spiro atoms. The Morgan fingerprint density at radius 1 is 1.38 bits per heavy atom. The van der Waals surface area contributed by atoms with Crippen LogP contribution in [0, 0.1) is 12.8 Å². The van der Waals surface area contributed by atoms with Crippen molar-refractivity contribution in [1.29, 1.82) is 0 Å². The second kappa shape index (κ2) is 8.88. The first-order valence-corrected chi connectivity index (χ1v) is 10.1. The summed E-state index contributed by atoms with van der Waals surface area (Å²) in [6.07, 6.45) is 2.86. The van der Waals surface area contributed by atoms with Crippen molar-refractivity contribution in [1.82, 2.24) is 10.6 Å². The van der Waals surface area contributed by atoms with Crippen molar-refractivity contribution in [3.05, 3.63) is 35.4 Å². The van der Waals surface area contributed by atoms with Crippen molar-refractivity contribution in [3.8, 4) is 0 Å². The van der Waals surface area contributed by atoms with E-state index in [1.54, 1.807) is 0 Å². The molecule has 2 N–H and O–H groups in total. The molecule has 2 aliphatic rings.